The Labute approximate surface area is 80.1 Å². The van der Waals surface area contributed by atoms with Crippen LogP contribution in [-0.4, -0.2) is 10.0 Å². The lowest BCUT2D eigenvalue weighted by Crippen LogP contribution is -2.15. The van der Waals surface area contributed by atoms with Gasteiger partial charge in [-0.05, 0) is 25.5 Å². The highest BCUT2D eigenvalue weighted by atomic mass is 19.1. The van der Waals surface area contributed by atoms with Crippen molar-refractivity contribution in [2.24, 2.45) is 0 Å². The molecule has 0 unspecified atom stereocenters. The summed E-state index contributed by atoms with van der Waals surface area (Å²) < 4.78 is 12.9. The van der Waals surface area contributed by atoms with E-state index < -0.39 is 22.0 Å². The van der Waals surface area contributed by atoms with Crippen LogP contribution in [0.25, 0.3) is 0 Å². The van der Waals surface area contributed by atoms with Crippen molar-refractivity contribution >= 4 is 5.69 Å². The van der Waals surface area contributed by atoms with E-state index in [0.717, 1.165) is 12.1 Å². The quantitative estimate of drug-likeness (QED) is 0.585. The number of nitrogens with zero attached hydrogens (tertiary/aromatic N) is 1. The highest BCUT2D eigenvalue weighted by molar-refractivity contribution is 5.38. The van der Waals surface area contributed by atoms with Gasteiger partial charge in [0.15, 0.2) is 0 Å². The first-order valence-corrected chi connectivity index (χ1v) is 3.99. The Kier molecular flexibility index (Phi) is 2.53. The molecule has 1 N–H and O–H groups in total. The summed E-state index contributed by atoms with van der Waals surface area (Å²) >= 11 is 0. The maximum Gasteiger partial charge on any atom is 0.305 e. The molecule has 0 amide bonds. The number of nitro groups is 1. The Hall–Kier alpha value is -1.49. The van der Waals surface area contributed by atoms with E-state index >= 15 is 0 Å². The lowest BCUT2D eigenvalue weighted by Gasteiger charge is -2.17. The van der Waals surface area contributed by atoms with Crippen molar-refractivity contribution in [1.82, 2.24) is 0 Å². The Morgan fingerprint density at radius 2 is 2.07 bits per heavy atom. The van der Waals surface area contributed by atoms with Crippen LogP contribution in [-0.2, 0) is 5.60 Å². The van der Waals surface area contributed by atoms with Gasteiger partial charge in [-0.1, -0.05) is 6.07 Å². The van der Waals surface area contributed by atoms with Crippen molar-refractivity contribution in [1.29, 1.82) is 0 Å². The molecule has 1 aromatic rings. The summed E-state index contributed by atoms with van der Waals surface area (Å²) in [6.45, 7) is 2.95. The normalized spacial score (nSPS) is 11.4. The molecule has 0 radical (unpaired) electrons. The predicted molar refractivity (Wildman–Crippen MR) is 48.3 cm³/mol. The molecular weight excluding hydrogens is 189 g/mol. The van der Waals surface area contributed by atoms with E-state index in [4.69, 9.17) is 0 Å². The third kappa shape index (κ3) is 2.05. The van der Waals surface area contributed by atoms with Crippen molar-refractivity contribution in [2.45, 2.75) is 19.4 Å². The second-order valence-electron chi connectivity index (χ2n) is 3.48. The number of hydrogen-bond acceptors (Lipinski definition) is 3. The van der Waals surface area contributed by atoms with Crippen LogP contribution in [0.15, 0.2) is 18.2 Å². The summed E-state index contributed by atoms with van der Waals surface area (Å²) in [7, 11) is 0. The molecule has 0 aromatic heterocycles. The summed E-state index contributed by atoms with van der Waals surface area (Å²) in [4.78, 5) is 9.57. The van der Waals surface area contributed by atoms with Crippen LogP contribution in [0.1, 0.15) is 19.4 Å². The Morgan fingerprint density at radius 1 is 1.50 bits per heavy atom. The molecule has 0 saturated carbocycles. The number of benzene rings is 1. The predicted octanol–water partition coefficient (Wildman–Crippen LogP) is 1.96. The van der Waals surface area contributed by atoms with Gasteiger partial charge < -0.3 is 5.11 Å². The average Bonchev–Trinajstić information content (AvgIpc) is 2.02. The first-order chi connectivity index (χ1) is 6.32. The second-order valence-corrected chi connectivity index (χ2v) is 3.48. The van der Waals surface area contributed by atoms with Crippen LogP contribution in [0.5, 0.6) is 0 Å². The number of nitro benzene ring substituents is 1. The molecule has 5 heteroatoms. The van der Waals surface area contributed by atoms with Gasteiger partial charge in [0.1, 0.15) is 0 Å². The molecule has 0 saturated heterocycles. The largest absolute Gasteiger partial charge is 0.386 e. The Bertz CT molecular complexity index is 371. The number of halogens is 1. The molecule has 76 valence electrons. The molecule has 0 atom stereocenters. The molecule has 4 nitrogen and oxygen atoms in total. The van der Waals surface area contributed by atoms with Crippen LogP contribution in [0.2, 0.25) is 0 Å². The minimum Gasteiger partial charge on any atom is -0.386 e. The van der Waals surface area contributed by atoms with E-state index in [2.05, 4.69) is 0 Å². The van der Waals surface area contributed by atoms with Gasteiger partial charge in [0.05, 0.1) is 10.5 Å². The van der Waals surface area contributed by atoms with Crippen LogP contribution < -0.4 is 0 Å². The minimum absolute atomic E-state index is 0.311. The molecule has 0 bridgehead atoms. The molecule has 1 rings (SSSR count). The smallest absolute Gasteiger partial charge is 0.305 e. The lowest BCUT2D eigenvalue weighted by atomic mass is 9.98. The standard InChI is InChI=1S/C9H10FNO3/c1-9(2,12)6-3-4-7(10)8(5-6)11(13)14/h3-5,12H,1-2H3. The summed E-state index contributed by atoms with van der Waals surface area (Å²) in [6.07, 6.45) is 0. The highest BCUT2D eigenvalue weighted by Crippen LogP contribution is 2.25. The van der Waals surface area contributed by atoms with E-state index in [-0.39, 0.29) is 0 Å². The third-order valence-corrected chi connectivity index (χ3v) is 1.85. The Balaban J connectivity index is 3.27. The van der Waals surface area contributed by atoms with Gasteiger partial charge in [-0.25, -0.2) is 0 Å². The van der Waals surface area contributed by atoms with Crippen LogP contribution in [0.4, 0.5) is 10.1 Å². The highest BCUT2D eigenvalue weighted by Gasteiger charge is 2.21. The fourth-order valence-corrected chi connectivity index (χ4v) is 1.03. The van der Waals surface area contributed by atoms with Crippen molar-refractivity contribution in [3.8, 4) is 0 Å². The molecular formula is C9H10FNO3. The molecule has 0 aliphatic rings. The minimum atomic E-state index is -1.21. The fraction of sp³-hybridized carbons (Fsp3) is 0.333. The summed E-state index contributed by atoms with van der Waals surface area (Å²) in [6, 6.07) is 3.34. The molecule has 14 heavy (non-hydrogen) atoms. The number of rotatable bonds is 2. The third-order valence-electron chi connectivity index (χ3n) is 1.85. The van der Waals surface area contributed by atoms with Crippen LogP contribution >= 0.6 is 0 Å². The Morgan fingerprint density at radius 3 is 2.50 bits per heavy atom. The van der Waals surface area contributed by atoms with E-state index in [9.17, 15) is 19.6 Å². The van der Waals surface area contributed by atoms with Gasteiger partial charge in [0.2, 0.25) is 5.82 Å². The van der Waals surface area contributed by atoms with Crippen LogP contribution in [0.3, 0.4) is 0 Å². The second kappa shape index (κ2) is 3.34. The van der Waals surface area contributed by atoms with Gasteiger partial charge in [0.25, 0.3) is 0 Å². The maximum absolute atomic E-state index is 12.9. The van der Waals surface area contributed by atoms with Gasteiger partial charge in [-0.3, -0.25) is 10.1 Å². The van der Waals surface area contributed by atoms with Crippen molar-refractivity contribution in [3.63, 3.8) is 0 Å². The van der Waals surface area contributed by atoms with E-state index in [1.54, 1.807) is 0 Å². The van der Waals surface area contributed by atoms with E-state index in [0.29, 0.717) is 5.56 Å². The molecule has 0 fully saturated rings. The zero-order chi connectivity index (χ0) is 10.9. The van der Waals surface area contributed by atoms with Crippen LogP contribution in [0, 0.1) is 15.9 Å². The van der Waals surface area contributed by atoms with Crippen molar-refractivity contribution in [2.75, 3.05) is 0 Å². The SMILES string of the molecule is CC(C)(O)c1ccc(F)c([N+](=O)[O-])c1. The topological polar surface area (TPSA) is 63.4 Å². The fourth-order valence-electron chi connectivity index (χ4n) is 1.03. The summed E-state index contributed by atoms with van der Waals surface area (Å²) in [5.41, 5.74) is -1.52. The van der Waals surface area contributed by atoms with E-state index in [1.807, 2.05) is 0 Å². The number of aliphatic hydroxyl groups is 1. The molecule has 0 aliphatic carbocycles. The molecule has 0 heterocycles. The van der Waals surface area contributed by atoms with Gasteiger partial charge >= 0.3 is 5.69 Å². The summed E-state index contributed by atoms with van der Waals surface area (Å²) in [5.74, 6) is -0.900. The van der Waals surface area contributed by atoms with E-state index in [1.165, 1.54) is 19.9 Å². The number of hydrogen-bond donors (Lipinski definition) is 1. The first kappa shape index (κ1) is 10.6. The van der Waals surface area contributed by atoms with Gasteiger partial charge in [-0.2, -0.15) is 4.39 Å². The zero-order valence-corrected chi connectivity index (χ0v) is 7.82. The maximum atomic E-state index is 12.9. The molecule has 0 spiro atoms. The first-order valence-electron chi connectivity index (χ1n) is 3.99. The average molecular weight is 199 g/mol. The molecule has 1 aromatic carbocycles. The van der Waals surface area contributed by atoms with Crippen molar-refractivity contribution < 1.29 is 14.4 Å². The monoisotopic (exact) mass is 199 g/mol. The van der Waals surface area contributed by atoms with Gasteiger partial charge in [0, 0.05) is 6.07 Å². The zero-order valence-electron chi connectivity index (χ0n) is 7.82. The van der Waals surface area contributed by atoms with Crippen molar-refractivity contribution in [3.05, 3.63) is 39.7 Å². The lowest BCUT2D eigenvalue weighted by molar-refractivity contribution is -0.387. The summed E-state index contributed by atoms with van der Waals surface area (Å²) in [5, 5.41) is 19.9. The van der Waals surface area contributed by atoms with Gasteiger partial charge in [-0.15, -0.1) is 0 Å². The molecule has 0 aliphatic heterocycles.